The molecule has 0 amide bonds. The molecule has 0 unspecified atom stereocenters. The van der Waals surface area contributed by atoms with E-state index in [-0.39, 0.29) is 4.90 Å². The maximum atomic E-state index is 13.9. The number of thiazole rings is 1. The first-order chi connectivity index (χ1) is 13.9. The molecule has 0 bridgehead atoms. The molecule has 1 aliphatic rings. The standard InChI is InChI=1S/C20H19ClFN3O2S2/c21-16-7-5-15(6-8-16)20-23-17(14-28-20)13-24-9-11-25(12-10-24)29(26,27)19-4-2-1-3-18(19)22/h1-8,14H,9-13H2. The average Bonchev–Trinajstić information content (AvgIpc) is 3.17. The van der Waals surface area contributed by atoms with Gasteiger partial charge in [0.1, 0.15) is 15.7 Å². The minimum atomic E-state index is -3.82. The first-order valence-corrected chi connectivity index (χ1v) is 11.8. The molecule has 4 rings (SSSR count). The zero-order chi connectivity index (χ0) is 20.4. The van der Waals surface area contributed by atoms with Crippen molar-refractivity contribution in [3.8, 4) is 10.6 Å². The predicted octanol–water partition coefficient (Wildman–Crippen LogP) is 4.11. The third-order valence-corrected chi connectivity index (χ3v) is 7.94. The number of sulfonamides is 1. The Balaban J connectivity index is 1.38. The van der Waals surface area contributed by atoms with E-state index in [1.165, 1.54) is 28.6 Å². The van der Waals surface area contributed by atoms with Crippen molar-refractivity contribution in [2.75, 3.05) is 26.2 Å². The van der Waals surface area contributed by atoms with E-state index in [0.29, 0.717) is 37.7 Å². The van der Waals surface area contributed by atoms with Gasteiger partial charge in [-0.15, -0.1) is 11.3 Å². The molecule has 1 fully saturated rings. The van der Waals surface area contributed by atoms with Gasteiger partial charge in [0.05, 0.1) is 5.69 Å². The highest BCUT2D eigenvalue weighted by molar-refractivity contribution is 7.89. The molecule has 0 saturated carbocycles. The second-order valence-electron chi connectivity index (χ2n) is 6.76. The van der Waals surface area contributed by atoms with Crippen LogP contribution in [0.2, 0.25) is 5.02 Å². The summed E-state index contributed by atoms with van der Waals surface area (Å²) in [5.74, 6) is -0.716. The van der Waals surface area contributed by atoms with E-state index in [0.717, 1.165) is 16.3 Å². The lowest BCUT2D eigenvalue weighted by molar-refractivity contribution is 0.180. The quantitative estimate of drug-likeness (QED) is 0.585. The van der Waals surface area contributed by atoms with Crippen molar-refractivity contribution >= 4 is 33.0 Å². The summed E-state index contributed by atoms with van der Waals surface area (Å²) in [7, 11) is -3.82. The first-order valence-electron chi connectivity index (χ1n) is 9.11. The summed E-state index contributed by atoms with van der Waals surface area (Å²) in [6.45, 7) is 2.44. The zero-order valence-electron chi connectivity index (χ0n) is 15.5. The van der Waals surface area contributed by atoms with Crippen LogP contribution in [0.3, 0.4) is 0 Å². The summed E-state index contributed by atoms with van der Waals surface area (Å²) < 4.78 is 40.7. The Morgan fingerprint density at radius 2 is 1.72 bits per heavy atom. The largest absolute Gasteiger partial charge is 0.295 e. The van der Waals surface area contributed by atoms with E-state index in [9.17, 15) is 12.8 Å². The third-order valence-electron chi connectivity index (χ3n) is 4.81. The molecular formula is C20H19ClFN3O2S2. The lowest BCUT2D eigenvalue weighted by Crippen LogP contribution is -2.48. The van der Waals surface area contributed by atoms with E-state index < -0.39 is 15.8 Å². The Kier molecular flexibility index (Phi) is 5.98. The first kappa shape index (κ1) is 20.4. The third kappa shape index (κ3) is 4.51. The van der Waals surface area contributed by atoms with Gasteiger partial charge in [-0.1, -0.05) is 35.9 Å². The molecular weight excluding hydrogens is 433 g/mol. The fraction of sp³-hybridized carbons (Fsp3) is 0.250. The van der Waals surface area contributed by atoms with Crippen LogP contribution in [-0.4, -0.2) is 48.8 Å². The summed E-state index contributed by atoms with van der Waals surface area (Å²) in [5, 5.41) is 3.64. The Labute approximate surface area is 178 Å². The molecule has 1 aromatic heterocycles. The summed E-state index contributed by atoms with van der Waals surface area (Å²) >= 11 is 7.51. The maximum Gasteiger partial charge on any atom is 0.246 e. The highest BCUT2D eigenvalue weighted by atomic mass is 35.5. The van der Waals surface area contributed by atoms with Gasteiger partial charge in [0, 0.05) is 48.7 Å². The van der Waals surface area contributed by atoms with Gasteiger partial charge < -0.3 is 0 Å². The number of nitrogens with zero attached hydrogens (tertiary/aromatic N) is 3. The molecule has 2 aromatic carbocycles. The van der Waals surface area contributed by atoms with Gasteiger partial charge in [-0.05, 0) is 24.3 Å². The average molecular weight is 452 g/mol. The topological polar surface area (TPSA) is 53.5 Å². The van der Waals surface area contributed by atoms with Crippen LogP contribution in [0.25, 0.3) is 10.6 Å². The number of aromatic nitrogens is 1. The summed E-state index contributed by atoms with van der Waals surface area (Å²) in [6.07, 6.45) is 0. The Morgan fingerprint density at radius 1 is 1.03 bits per heavy atom. The van der Waals surface area contributed by atoms with E-state index in [4.69, 9.17) is 11.6 Å². The molecule has 5 nitrogen and oxygen atoms in total. The van der Waals surface area contributed by atoms with Crippen LogP contribution in [0, 0.1) is 5.82 Å². The predicted molar refractivity (Wildman–Crippen MR) is 113 cm³/mol. The zero-order valence-corrected chi connectivity index (χ0v) is 17.9. The smallest absolute Gasteiger partial charge is 0.246 e. The number of piperazine rings is 1. The number of hydrogen-bond acceptors (Lipinski definition) is 5. The number of halogens is 2. The summed E-state index contributed by atoms with van der Waals surface area (Å²) in [5.41, 5.74) is 1.97. The lowest BCUT2D eigenvalue weighted by atomic mass is 10.2. The molecule has 0 aliphatic carbocycles. The Bertz CT molecular complexity index is 1090. The molecule has 1 aliphatic heterocycles. The highest BCUT2D eigenvalue weighted by Crippen LogP contribution is 2.26. The summed E-state index contributed by atoms with van der Waals surface area (Å²) in [4.78, 5) is 6.58. The van der Waals surface area contributed by atoms with E-state index in [1.807, 2.05) is 29.6 Å². The number of hydrogen-bond donors (Lipinski definition) is 0. The number of benzene rings is 2. The molecule has 29 heavy (non-hydrogen) atoms. The SMILES string of the molecule is O=S(=O)(c1ccccc1F)N1CCN(Cc2csc(-c3ccc(Cl)cc3)n2)CC1. The molecule has 2 heterocycles. The highest BCUT2D eigenvalue weighted by Gasteiger charge is 2.30. The van der Waals surface area contributed by atoms with Gasteiger partial charge in [-0.3, -0.25) is 4.90 Å². The van der Waals surface area contributed by atoms with Crippen LogP contribution >= 0.6 is 22.9 Å². The second-order valence-corrected chi connectivity index (χ2v) is 9.96. The van der Waals surface area contributed by atoms with Crippen LogP contribution in [0.1, 0.15) is 5.69 Å². The van der Waals surface area contributed by atoms with Gasteiger partial charge in [-0.25, -0.2) is 17.8 Å². The van der Waals surface area contributed by atoms with Gasteiger partial charge in [0.15, 0.2) is 0 Å². The molecule has 0 radical (unpaired) electrons. The van der Waals surface area contributed by atoms with E-state index in [2.05, 4.69) is 9.88 Å². The van der Waals surface area contributed by atoms with Crippen LogP contribution < -0.4 is 0 Å². The lowest BCUT2D eigenvalue weighted by Gasteiger charge is -2.33. The van der Waals surface area contributed by atoms with Gasteiger partial charge in [-0.2, -0.15) is 4.31 Å². The normalized spacial score (nSPS) is 16.2. The van der Waals surface area contributed by atoms with Crippen molar-refractivity contribution in [2.45, 2.75) is 11.4 Å². The molecule has 3 aromatic rings. The van der Waals surface area contributed by atoms with Gasteiger partial charge in [0.2, 0.25) is 10.0 Å². The molecule has 0 N–H and O–H groups in total. The van der Waals surface area contributed by atoms with Crippen molar-refractivity contribution in [3.05, 3.63) is 70.4 Å². The summed E-state index contributed by atoms with van der Waals surface area (Å²) in [6, 6.07) is 13.1. The van der Waals surface area contributed by atoms with Gasteiger partial charge in [0.25, 0.3) is 0 Å². The van der Waals surface area contributed by atoms with Crippen LogP contribution in [-0.2, 0) is 16.6 Å². The van der Waals surface area contributed by atoms with Crippen molar-refractivity contribution in [1.82, 2.24) is 14.2 Å². The van der Waals surface area contributed by atoms with Crippen molar-refractivity contribution in [2.24, 2.45) is 0 Å². The van der Waals surface area contributed by atoms with Crippen molar-refractivity contribution in [3.63, 3.8) is 0 Å². The second kappa shape index (κ2) is 8.49. The van der Waals surface area contributed by atoms with Crippen LogP contribution in [0.4, 0.5) is 4.39 Å². The molecule has 1 saturated heterocycles. The number of rotatable bonds is 5. The molecule has 0 spiro atoms. The van der Waals surface area contributed by atoms with E-state index >= 15 is 0 Å². The maximum absolute atomic E-state index is 13.9. The monoisotopic (exact) mass is 451 g/mol. The van der Waals surface area contributed by atoms with Crippen molar-refractivity contribution < 1.29 is 12.8 Å². The Morgan fingerprint density at radius 3 is 2.41 bits per heavy atom. The molecule has 9 heteroatoms. The van der Waals surface area contributed by atoms with Crippen molar-refractivity contribution in [1.29, 1.82) is 0 Å². The fourth-order valence-electron chi connectivity index (χ4n) is 3.25. The van der Waals surface area contributed by atoms with Gasteiger partial charge >= 0.3 is 0 Å². The van der Waals surface area contributed by atoms with Crippen LogP contribution in [0.5, 0.6) is 0 Å². The molecule has 152 valence electrons. The molecule has 0 atom stereocenters. The fourth-order valence-corrected chi connectivity index (χ4v) is 5.68. The minimum Gasteiger partial charge on any atom is -0.295 e. The minimum absolute atomic E-state index is 0.263. The van der Waals surface area contributed by atoms with Crippen LogP contribution in [0.15, 0.2) is 58.8 Å². The Hall–Kier alpha value is -1.84. The van der Waals surface area contributed by atoms with E-state index in [1.54, 1.807) is 11.3 Å².